The van der Waals surface area contributed by atoms with Gasteiger partial charge in [0.2, 0.25) is 0 Å². The maximum absolute atomic E-state index is 5.70. The number of rotatable bonds is 6. The maximum Gasteiger partial charge on any atom is 0.110 e. The van der Waals surface area contributed by atoms with Gasteiger partial charge in [-0.1, -0.05) is 6.92 Å². The predicted molar refractivity (Wildman–Crippen MR) is 72.6 cm³/mol. The average molecular weight is 251 g/mol. The van der Waals surface area contributed by atoms with Gasteiger partial charge < -0.3 is 14.6 Å². The summed E-state index contributed by atoms with van der Waals surface area (Å²) in [5, 5.41) is 3.60. The van der Waals surface area contributed by atoms with Gasteiger partial charge in [0.05, 0.1) is 12.7 Å². The molecule has 1 fully saturated rings. The quantitative estimate of drug-likeness (QED) is 0.838. The topological polar surface area (TPSA) is 39.1 Å². The van der Waals surface area contributed by atoms with Crippen molar-refractivity contribution in [2.45, 2.75) is 52.3 Å². The molecule has 0 spiro atoms. The zero-order chi connectivity index (χ0) is 13.0. The Morgan fingerprint density at radius 1 is 1.56 bits per heavy atom. The molecular formula is C14H25N3O. The first-order valence-electron chi connectivity index (χ1n) is 7.09. The third-order valence-corrected chi connectivity index (χ3v) is 3.81. The van der Waals surface area contributed by atoms with Crippen molar-refractivity contribution in [3.63, 3.8) is 0 Å². The van der Waals surface area contributed by atoms with Crippen molar-refractivity contribution in [2.24, 2.45) is 5.92 Å². The standard InChI is InChI=1S/C14H25N3O/c1-4-15-13(12-8-11(3)18-10-12)9-14-16-6-7-17(14)5-2/h6-7,11-13,15H,4-5,8-10H2,1-3H3. The molecule has 0 aliphatic carbocycles. The summed E-state index contributed by atoms with van der Waals surface area (Å²) in [7, 11) is 0. The number of aromatic nitrogens is 2. The van der Waals surface area contributed by atoms with Crippen LogP contribution in [0.4, 0.5) is 0 Å². The number of nitrogens with zero attached hydrogens (tertiary/aromatic N) is 2. The number of hydrogen-bond donors (Lipinski definition) is 1. The molecule has 1 aromatic rings. The highest BCUT2D eigenvalue weighted by molar-refractivity contribution is 4.98. The normalized spacial score (nSPS) is 25.5. The molecule has 0 aromatic carbocycles. The van der Waals surface area contributed by atoms with Crippen LogP contribution < -0.4 is 5.32 Å². The molecule has 4 heteroatoms. The lowest BCUT2D eigenvalue weighted by Gasteiger charge is -2.23. The van der Waals surface area contributed by atoms with E-state index in [0.29, 0.717) is 18.1 Å². The second kappa shape index (κ2) is 6.34. The minimum atomic E-state index is 0.405. The van der Waals surface area contributed by atoms with Gasteiger partial charge >= 0.3 is 0 Å². The largest absolute Gasteiger partial charge is 0.378 e. The van der Waals surface area contributed by atoms with E-state index in [4.69, 9.17) is 4.74 Å². The van der Waals surface area contributed by atoms with Crippen LogP contribution in [-0.4, -0.2) is 34.8 Å². The Morgan fingerprint density at radius 2 is 2.39 bits per heavy atom. The number of nitrogens with one attached hydrogen (secondary N) is 1. The highest BCUT2D eigenvalue weighted by Crippen LogP contribution is 2.24. The Kier molecular flexibility index (Phi) is 4.78. The van der Waals surface area contributed by atoms with Gasteiger partial charge in [0.25, 0.3) is 0 Å². The minimum Gasteiger partial charge on any atom is -0.378 e. The van der Waals surface area contributed by atoms with Crippen LogP contribution in [0.25, 0.3) is 0 Å². The molecule has 0 amide bonds. The van der Waals surface area contributed by atoms with Gasteiger partial charge in [0.1, 0.15) is 5.82 Å². The van der Waals surface area contributed by atoms with Gasteiger partial charge in [-0.2, -0.15) is 0 Å². The van der Waals surface area contributed by atoms with Crippen LogP contribution in [0, 0.1) is 5.92 Å². The fourth-order valence-corrected chi connectivity index (χ4v) is 2.81. The first-order chi connectivity index (χ1) is 8.74. The van der Waals surface area contributed by atoms with Crippen LogP contribution in [0.2, 0.25) is 0 Å². The molecule has 1 aromatic heterocycles. The van der Waals surface area contributed by atoms with Crippen molar-refractivity contribution in [3.8, 4) is 0 Å². The van der Waals surface area contributed by atoms with Crippen LogP contribution in [0.1, 0.15) is 33.0 Å². The van der Waals surface area contributed by atoms with Crippen LogP contribution in [0.3, 0.4) is 0 Å². The smallest absolute Gasteiger partial charge is 0.110 e. The first kappa shape index (κ1) is 13.6. The second-order valence-corrected chi connectivity index (χ2v) is 5.14. The highest BCUT2D eigenvalue weighted by atomic mass is 16.5. The summed E-state index contributed by atoms with van der Waals surface area (Å²) in [6.45, 7) is 9.36. The summed E-state index contributed by atoms with van der Waals surface area (Å²) in [6.07, 6.45) is 6.52. The van der Waals surface area contributed by atoms with Crippen molar-refractivity contribution < 1.29 is 4.74 Å². The summed E-state index contributed by atoms with van der Waals surface area (Å²) in [5.41, 5.74) is 0. The third kappa shape index (κ3) is 3.12. The highest BCUT2D eigenvalue weighted by Gasteiger charge is 2.29. The Labute approximate surface area is 110 Å². The molecule has 1 aliphatic heterocycles. The van der Waals surface area contributed by atoms with Crippen molar-refractivity contribution in [1.82, 2.24) is 14.9 Å². The predicted octanol–water partition coefficient (Wildman–Crippen LogP) is 1.85. The molecule has 1 aliphatic rings. The Hall–Kier alpha value is -0.870. The van der Waals surface area contributed by atoms with Crippen molar-refractivity contribution in [1.29, 1.82) is 0 Å². The molecule has 0 saturated carbocycles. The fourth-order valence-electron chi connectivity index (χ4n) is 2.81. The summed E-state index contributed by atoms with van der Waals surface area (Å²) < 4.78 is 7.93. The molecule has 2 heterocycles. The molecule has 18 heavy (non-hydrogen) atoms. The summed E-state index contributed by atoms with van der Waals surface area (Å²) in [6, 6.07) is 0.479. The molecule has 3 unspecified atom stereocenters. The molecule has 1 saturated heterocycles. The molecule has 102 valence electrons. The zero-order valence-electron chi connectivity index (χ0n) is 11.7. The average Bonchev–Trinajstić information content (AvgIpc) is 2.97. The van der Waals surface area contributed by atoms with Crippen molar-refractivity contribution in [3.05, 3.63) is 18.2 Å². The third-order valence-electron chi connectivity index (χ3n) is 3.81. The van der Waals surface area contributed by atoms with Crippen LogP contribution in [0.5, 0.6) is 0 Å². The van der Waals surface area contributed by atoms with Gasteiger partial charge in [-0.15, -0.1) is 0 Å². The van der Waals surface area contributed by atoms with E-state index in [0.717, 1.165) is 32.5 Å². The molecule has 0 radical (unpaired) electrons. The van der Waals surface area contributed by atoms with E-state index in [1.807, 2.05) is 6.20 Å². The number of ether oxygens (including phenoxy) is 1. The van der Waals surface area contributed by atoms with Crippen LogP contribution in [-0.2, 0) is 17.7 Å². The van der Waals surface area contributed by atoms with Crippen molar-refractivity contribution in [2.75, 3.05) is 13.2 Å². The van der Waals surface area contributed by atoms with E-state index in [1.165, 1.54) is 5.82 Å². The molecular weight excluding hydrogens is 226 g/mol. The number of aryl methyl sites for hydroxylation is 1. The SMILES string of the molecule is CCNC(Cc1nccn1CC)C1COC(C)C1. The lowest BCUT2D eigenvalue weighted by atomic mass is 9.94. The van der Waals surface area contributed by atoms with Crippen molar-refractivity contribution >= 4 is 0 Å². The monoisotopic (exact) mass is 251 g/mol. The molecule has 3 atom stereocenters. The van der Waals surface area contributed by atoms with Gasteiger partial charge in [0, 0.05) is 37.3 Å². The Morgan fingerprint density at radius 3 is 3.00 bits per heavy atom. The van der Waals surface area contributed by atoms with Crippen LogP contribution >= 0.6 is 0 Å². The summed E-state index contributed by atoms with van der Waals surface area (Å²) in [4.78, 5) is 4.48. The molecule has 2 rings (SSSR count). The molecule has 4 nitrogen and oxygen atoms in total. The molecule has 0 bridgehead atoms. The van der Waals surface area contributed by atoms with E-state index >= 15 is 0 Å². The van der Waals surface area contributed by atoms with Crippen LogP contribution in [0.15, 0.2) is 12.4 Å². The first-order valence-corrected chi connectivity index (χ1v) is 7.09. The van der Waals surface area contributed by atoms with Gasteiger partial charge in [-0.05, 0) is 26.8 Å². The summed E-state index contributed by atoms with van der Waals surface area (Å²) >= 11 is 0. The summed E-state index contributed by atoms with van der Waals surface area (Å²) in [5.74, 6) is 1.80. The van der Waals surface area contributed by atoms with Gasteiger partial charge in [-0.3, -0.25) is 0 Å². The lowest BCUT2D eigenvalue weighted by Crippen LogP contribution is -2.39. The fraction of sp³-hybridized carbons (Fsp3) is 0.786. The zero-order valence-corrected chi connectivity index (χ0v) is 11.7. The van der Waals surface area contributed by atoms with E-state index in [2.05, 4.69) is 41.8 Å². The van der Waals surface area contributed by atoms with Gasteiger partial charge in [0.15, 0.2) is 0 Å². The minimum absolute atomic E-state index is 0.405. The lowest BCUT2D eigenvalue weighted by molar-refractivity contribution is 0.116. The second-order valence-electron chi connectivity index (χ2n) is 5.14. The van der Waals surface area contributed by atoms with Gasteiger partial charge in [-0.25, -0.2) is 4.98 Å². The number of hydrogen-bond acceptors (Lipinski definition) is 3. The van der Waals surface area contributed by atoms with E-state index in [-0.39, 0.29) is 0 Å². The Bertz CT molecular complexity index is 364. The maximum atomic E-state index is 5.70. The van der Waals surface area contributed by atoms with E-state index < -0.39 is 0 Å². The van der Waals surface area contributed by atoms with E-state index in [1.54, 1.807) is 0 Å². The Balaban J connectivity index is 2.01. The van der Waals surface area contributed by atoms with E-state index in [9.17, 15) is 0 Å². The molecule has 1 N–H and O–H groups in total. The number of likely N-dealkylation sites (N-methyl/N-ethyl adjacent to an activating group) is 1. The number of imidazole rings is 1.